The second kappa shape index (κ2) is 4.56. The van der Waals surface area contributed by atoms with Gasteiger partial charge in [-0.3, -0.25) is 4.90 Å². The number of para-hydroxylation sites is 1. The van der Waals surface area contributed by atoms with Crippen LogP contribution in [-0.2, 0) is 5.60 Å². The Morgan fingerprint density at radius 1 is 1.39 bits per heavy atom. The summed E-state index contributed by atoms with van der Waals surface area (Å²) in [5, 5.41) is 11.1. The third-order valence-corrected chi connectivity index (χ3v) is 4.35. The molecule has 0 radical (unpaired) electrons. The van der Waals surface area contributed by atoms with Gasteiger partial charge in [0.05, 0.1) is 6.61 Å². The first-order chi connectivity index (χ1) is 8.75. The normalized spacial score (nSPS) is 31.6. The van der Waals surface area contributed by atoms with Gasteiger partial charge >= 0.3 is 0 Å². The van der Waals surface area contributed by atoms with Crippen LogP contribution in [0.3, 0.4) is 0 Å². The number of hydrogen-bond donors (Lipinski definition) is 1. The van der Waals surface area contributed by atoms with Crippen LogP contribution < -0.4 is 4.74 Å². The smallest absolute Gasteiger partial charge is 0.125 e. The maximum absolute atomic E-state index is 11.1. The highest BCUT2D eigenvalue weighted by Gasteiger charge is 2.50. The fraction of sp³-hybridized carbons (Fsp3) is 0.600. The van der Waals surface area contributed by atoms with E-state index in [1.165, 1.54) is 6.42 Å². The summed E-state index contributed by atoms with van der Waals surface area (Å²) < 4.78 is 5.68. The Hall–Kier alpha value is -1.06. The fourth-order valence-corrected chi connectivity index (χ4v) is 3.54. The van der Waals surface area contributed by atoms with Crippen molar-refractivity contribution in [3.8, 4) is 5.75 Å². The molecule has 3 rings (SSSR count). The zero-order valence-electron chi connectivity index (χ0n) is 10.9. The SMILES string of the molecule is CCOc1ccccc1C1(O)CCN2CCCC21. The molecule has 0 saturated carbocycles. The topological polar surface area (TPSA) is 32.7 Å². The lowest BCUT2D eigenvalue weighted by atomic mass is 9.85. The Morgan fingerprint density at radius 2 is 2.22 bits per heavy atom. The first kappa shape index (κ1) is 12.0. The van der Waals surface area contributed by atoms with Gasteiger partial charge in [0.2, 0.25) is 0 Å². The maximum Gasteiger partial charge on any atom is 0.125 e. The molecular formula is C15H21NO2. The lowest BCUT2D eigenvalue weighted by Gasteiger charge is -2.31. The van der Waals surface area contributed by atoms with E-state index in [1.807, 2.05) is 31.2 Å². The van der Waals surface area contributed by atoms with Gasteiger partial charge in [-0.2, -0.15) is 0 Å². The van der Waals surface area contributed by atoms with Gasteiger partial charge in [0.1, 0.15) is 11.4 Å². The zero-order chi connectivity index (χ0) is 12.6. The molecule has 2 aliphatic heterocycles. The highest BCUT2D eigenvalue weighted by Crippen LogP contribution is 2.45. The van der Waals surface area contributed by atoms with Gasteiger partial charge in [-0.1, -0.05) is 18.2 Å². The van der Waals surface area contributed by atoms with Crippen molar-refractivity contribution >= 4 is 0 Å². The largest absolute Gasteiger partial charge is 0.493 e. The number of fused-ring (bicyclic) bond motifs is 1. The maximum atomic E-state index is 11.1. The van der Waals surface area contributed by atoms with E-state index in [1.54, 1.807) is 0 Å². The van der Waals surface area contributed by atoms with E-state index in [0.29, 0.717) is 6.61 Å². The first-order valence-electron chi connectivity index (χ1n) is 6.94. The molecule has 2 aliphatic rings. The molecular weight excluding hydrogens is 226 g/mol. The van der Waals surface area contributed by atoms with Crippen LogP contribution in [0.4, 0.5) is 0 Å². The molecule has 1 aromatic carbocycles. The molecule has 0 amide bonds. The predicted octanol–water partition coefficient (Wildman–Crippen LogP) is 2.14. The average molecular weight is 247 g/mol. The summed E-state index contributed by atoms with van der Waals surface area (Å²) in [6.45, 7) is 4.75. The van der Waals surface area contributed by atoms with Crippen LogP contribution in [0.25, 0.3) is 0 Å². The van der Waals surface area contributed by atoms with E-state index in [4.69, 9.17) is 4.74 Å². The van der Waals surface area contributed by atoms with Gasteiger partial charge in [0.15, 0.2) is 0 Å². The Kier molecular flexibility index (Phi) is 3.04. The Labute approximate surface area is 108 Å². The van der Waals surface area contributed by atoms with Gasteiger partial charge in [0, 0.05) is 18.2 Å². The minimum absolute atomic E-state index is 0.277. The quantitative estimate of drug-likeness (QED) is 0.888. The summed E-state index contributed by atoms with van der Waals surface area (Å²) in [7, 11) is 0. The third-order valence-electron chi connectivity index (χ3n) is 4.35. The van der Waals surface area contributed by atoms with Gasteiger partial charge in [0.25, 0.3) is 0 Å². The Morgan fingerprint density at radius 3 is 3.06 bits per heavy atom. The molecule has 2 fully saturated rings. The highest BCUT2D eigenvalue weighted by atomic mass is 16.5. The second-order valence-corrected chi connectivity index (χ2v) is 5.30. The molecule has 98 valence electrons. The number of ether oxygens (including phenoxy) is 1. The van der Waals surface area contributed by atoms with Crippen molar-refractivity contribution in [2.75, 3.05) is 19.7 Å². The number of nitrogens with zero attached hydrogens (tertiary/aromatic N) is 1. The van der Waals surface area contributed by atoms with Crippen LogP contribution in [-0.4, -0.2) is 35.7 Å². The highest BCUT2D eigenvalue weighted by molar-refractivity contribution is 5.40. The van der Waals surface area contributed by atoms with Crippen molar-refractivity contribution in [1.29, 1.82) is 0 Å². The van der Waals surface area contributed by atoms with Gasteiger partial charge < -0.3 is 9.84 Å². The van der Waals surface area contributed by atoms with Crippen molar-refractivity contribution in [2.45, 2.75) is 37.8 Å². The van der Waals surface area contributed by atoms with Crippen LogP contribution >= 0.6 is 0 Å². The number of benzene rings is 1. The van der Waals surface area contributed by atoms with E-state index in [-0.39, 0.29) is 6.04 Å². The number of rotatable bonds is 3. The summed E-state index contributed by atoms with van der Waals surface area (Å²) in [6.07, 6.45) is 3.11. The average Bonchev–Trinajstić information content (AvgIpc) is 2.96. The predicted molar refractivity (Wildman–Crippen MR) is 70.7 cm³/mol. The monoisotopic (exact) mass is 247 g/mol. The van der Waals surface area contributed by atoms with Crippen LogP contribution in [0.1, 0.15) is 31.7 Å². The summed E-state index contributed by atoms with van der Waals surface area (Å²) in [5.41, 5.74) is 0.253. The van der Waals surface area contributed by atoms with E-state index in [2.05, 4.69) is 4.90 Å². The van der Waals surface area contributed by atoms with Crippen molar-refractivity contribution in [3.63, 3.8) is 0 Å². The van der Waals surface area contributed by atoms with Crippen LogP contribution in [0, 0.1) is 0 Å². The molecule has 1 N–H and O–H groups in total. The van der Waals surface area contributed by atoms with Crippen molar-refractivity contribution in [2.24, 2.45) is 0 Å². The fourth-order valence-electron chi connectivity index (χ4n) is 3.54. The molecule has 0 aliphatic carbocycles. The Balaban J connectivity index is 1.98. The molecule has 0 spiro atoms. The van der Waals surface area contributed by atoms with E-state index in [9.17, 15) is 5.11 Å². The lowest BCUT2D eigenvalue weighted by Crippen LogP contribution is -2.39. The molecule has 3 nitrogen and oxygen atoms in total. The minimum atomic E-state index is -0.720. The molecule has 1 aromatic rings. The Bertz CT molecular complexity index is 434. The number of aliphatic hydroxyl groups is 1. The molecule has 2 saturated heterocycles. The molecule has 18 heavy (non-hydrogen) atoms. The summed E-state index contributed by atoms with van der Waals surface area (Å²) in [4.78, 5) is 2.42. The summed E-state index contributed by atoms with van der Waals surface area (Å²) >= 11 is 0. The number of hydrogen-bond acceptors (Lipinski definition) is 3. The standard InChI is InChI=1S/C15H21NO2/c1-2-18-13-7-4-3-6-12(13)15(17)9-11-16-10-5-8-14(15)16/h3-4,6-7,14,17H,2,5,8-11H2,1H3. The van der Waals surface area contributed by atoms with Gasteiger partial charge in [-0.15, -0.1) is 0 Å². The lowest BCUT2D eigenvalue weighted by molar-refractivity contribution is 0.00699. The minimum Gasteiger partial charge on any atom is -0.493 e. The van der Waals surface area contributed by atoms with Gasteiger partial charge in [-0.05, 0) is 38.8 Å². The third kappa shape index (κ3) is 1.73. The molecule has 2 atom stereocenters. The molecule has 0 bridgehead atoms. The van der Waals surface area contributed by atoms with Crippen molar-refractivity contribution in [1.82, 2.24) is 4.90 Å². The zero-order valence-corrected chi connectivity index (χ0v) is 10.9. The van der Waals surface area contributed by atoms with E-state index in [0.717, 1.165) is 37.2 Å². The van der Waals surface area contributed by atoms with Crippen LogP contribution in [0.2, 0.25) is 0 Å². The molecule has 0 aromatic heterocycles. The first-order valence-corrected chi connectivity index (χ1v) is 6.94. The summed E-state index contributed by atoms with van der Waals surface area (Å²) in [5.74, 6) is 0.844. The van der Waals surface area contributed by atoms with E-state index < -0.39 is 5.60 Å². The molecule has 2 heterocycles. The van der Waals surface area contributed by atoms with Crippen molar-refractivity contribution in [3.05, 3.63) is 29.8 Å². The van der Waals surface area contributed by atoms with Crippen LogP contribution in [0.15, 0.2) is 24.3 Å². The summed E-state index contributed by atoms with van der Waals surface area (Å²) in [6, 6.07) is 8.23. The van der Waals surface area contributed by atoms with Crippen LogP contribution in [0.5, 0.6) is 5.75 Å². The molecule has 2 unspecified atom stereocenters. The van der Waals surface area contributed by atoms with E-state index >= 15 is 0 Å². The molecule has 3 heteroatoms. The van der Waals surface area contributed by atoms with Gasteiger partial charge in [-0.25, -0.2) is 0 Å². The second-order valence-electron chi connectivity index (χ2n) is 5.30. The van der Waals surface area contributed by atoms with Crippen molar-refractivity contribution < 1.29 is 9.84 Å².